The van der Waals surface area contributed by atoms with Crippen molar-refractivity contribution in [1.82, 2.24) is 62.0 Å². The number of fused-ring (bicyclic) bond motifs is 2. The maximum atomic E-state index is 15.3. The van der Waals surface area contributed by atoms with Crippen LogP contribution < -0.4 is 46.7 Å². The smallest absolute Gasteiger partial charge is 0.326 e. The highest BCUT2D eigenvalue weighted by Gasteiger charge is 2.49. The minimum absolute atomic E-state index is 0.00636. The summed E-state index contributed by atoms with van der Waals surface area (Å²) in [5.74, 6) is -7.54. The van der Waals surface area contributed by atoms with Crippen LogP contribution in [0.15, 0.2) is 140 Å². The number of carboxylic acids is 2. The first kappa shape index (κ1) is 80.9. The Hall–Kier alpha value is -10.6. The molecule has 0 unspecified atom stereocenters. The summed E-state index contributed by atoms with van der Waals surface area (Å²) in [6, 6.07) is 29.0. The number of aromatic nitrogens is 3. The second-order valence-electron chi connectivity index (χ2n) is 31.0. The minimum atomic E-state index is -1.47. The van der Waals surface area contributed by atoms with Crippen LogP contribution in [0, 0.1) is 16.7 Å². The Morgan fingerprint density at radius 2 is 1.06 bits per heavy atom. The number of likely N-dealkylation sites (N-methyl/N-ethyl adjacent to an activating group) is 2. The summed E-state index contributed by atoms with van der Waals surface area (Å²) in [5, 5.41) is 54.0. The fourth-order valence-corrected chi connectivity index (χ4v) is 14.0. The predicted molar refractivity (Wildman–Crippen MR) is 408 cm³/mol. The Morgan fingerprint density at radius 3 is 1.58 bits per heavy atom. The molecular formula is C82H102N12O15. The maximum absolute atomic E-state index is 15.3. The summed E-state index contributed by atoms with van der Waals surface area (Å²) in [6.45, 7) is 14.4. The number of likely N-dealkylation sites (tertiary alicyclic amines) is 2. The van der Waals surface area contributed by atoms with Crippen molar-refractivity contribution in [2.24, 2.45) is 16.7 Å². The van der Waals surface area contributed by atoms with Gasteiger partial charge in [-0.05, 0) is 126 Å². The Balaban J connectivity index is 0.951. The number of carboxylic acid groups (broad SMARTS) is 2. The molecule has 10 bridgehead atoms. The molecular weight excluding hydrogens is 1390 g/mol. The van der Waals surface area contributed by atoms with E-state index < -0.39 is 142 Å². The van der Waals surface area contributed by atoms with E-state index in [0.29, 0.717) is 52.3 Å². The molecule has 27 heteroatoms. The number of carbonyl (C=O) groups is 10. The summed E-state index contributed by atoms with van der Waals surface area (Å²) < 4.78 is 20.3. The Morgan fingerprint density at radius 1 is 0.560 bits per heavy atom. The number of carbonyl (C=O) groups excluding carboxylic acids is 8. The number of hydrogen-bond donors (Lipinski definition) is 9. The number of amides is 7. The molecule has 2 fully saturated rings. The SMILES string of the molecule is CN[C@@H](C)C(=O)N[C@H](C(=O)N1C[C@@H]2C[C@H]1C(=O)C[C@@H](Cc1ccc3ccccc3c1)C(=O)N[C@H](C(=O)O)Cc1ccc(cc1)OCc1cn(nn1)[C@H]1C[C@@H](C(=O)N[C@@H](Cc3ccc4ccccc4c3)C(=O)N[C@H](C(=O)O)Cc3ccc(cc3)OCCCCO2)N(C(=O)[C@@H](NC(=O)[C@H](C)NC)C(C)(C)C)C1)C(C)(C)C. The van der Waals surface area contributed by atoms with E-state index in [-0.39, 0.29) is 77.9 Å². The molecule has 6 aliphatic rings. The van der Waals surface area contributed by atoms with Gasteiger partial charge in [-0.1, -0.05) is 156 Å². The zero-order valence-corrected chi connectivity index (χ0v) is 63.5. The molecule has 6 aliphatic heterocycles. The van der Waals surface area contributed by atoms with Gasteiger partial charge >= 0.3 is 11.9 Å². The van der Waals surface area contributed by atoms with Crippen LogP contribution in [0.1, 0.15) is 121 Å². The standard InChI is InChI=1S/C82H102N12O15/c1-48(83-9)72(96)88-70(81(3,4)5)77(101)92-45-60-42-68(92)76(100)85-64(40-53-22-28-55-18-12-14-20-57(55)36-53)75(99)87-66(80(105)106)39-50-23-29-61(30-24-50)107-33-15-16-34-108-63-43-67(93(46-63)78(102)71(82(6,7)8)89-73(97)49(2)84-10)69(95)41-58(37-52-21-27-54-17-11-13-19-56(54)35-52)74(98)86-65(79(103)104)38-51-25-31-62(32-26-51)109-47-59-44-94(60)91-90-59/h11-14,17-32,35-36,44,48-49,58,60,63-68,70-71,83-84H,15-16,33-34,37-43,45-47H2,1-10H3,(H,85,100)(H,86,98)(H,87,99)(H,88,96)(H,89,97)(H,103,104)(H,105,106)/t48-,49-,58+,60-,63-,64-,65-,66-,67-,68-,70+,71+/m0/s1. The molecule has 0 spiro atoms. The van der Waals surface area contributed by atoms with E-state index in [1.54, 1.807) is 103 Å². The third-order valence-electron chi connectivity index (χ3n) is 20.7. The van der Waals surface area contributed by atoms with Gasteiger partial charge in [0, 0.05) is 64.1 Å². The fraction of sp³-hybridized carbons (Fsp3) is 0.463. The topological polar surface area (TPSA) is 360 Å². The first-order chi connectivity index (χ1) is 51.9. The number of rotatable bonds is 14. The number of benzene rings is 6. The van der Waals surface area contributed by atoms with Gasteiger partial charge in [0.2, 0.25) is 41.4 Å². The second kappa shape index (κ2) is 36.0. The van der Waals surface area contributed by atoms with Crippen molar-refractivity contribution in [3.05, 3.63) is 168 Å². The van der Waals surface area contributed by atoms with Gasteiger partial charge in [0.15, 0.2) is 5.78 Å². The van der Waals surface area contributed by atoms with Gasteiger partial charge in [-0.3, -0.25) is 38.4 Å². The van der Waals surface area contributed by atoms with Crippen LogP contribution in [0.25, 0.3) is 21.5 Å². The second-order valence-corrected chi connectivity index (χ2v) is 31.0. The molecule has 2 saturated heterocycles. The summed E-state index contributed by atoms with van der Waals surface area (Å²) >= 11 is 0. The van der Waals surface area contributed by atoms with Gasteiger partial charge in [-0.15, -0.1) is 5.10 Å². The van der Waals surface area contributed by atoms with Crippen molar-refractivity contribution in [2.75, 3.05) is 40.4 Å². The highest BCUT2D eigenvalue weighted by Crippen LogP contribution is 2.34. The van der Waals surface area contributed by atoms with E-state index >= 15 is 19.2 Å². The van der Waals surface area contributed by atoms with Crippen molar-refractivity contribution in [2.45, 2.75) is 186 Å². The molecule has 109 heavy (non-hydrogen) atoms. The maximum Gasteiger partial charge on any atom is 0.326 e. The van der Waals surface area contributed by atoms with Crippen LogP contribution >= 0.6 is 0 Å². The molecule has 0 aliphatic carbocycles. The van der Waals surface area contributed by atoms with Gasteiger partial charge in [0.25, 0.3) is 0 Å². The zero-order valence-electron chi connectivity index (χ0n) is 63.5. The van der Waals surface area contributed by atoms with Gasteiger partial charge < -0.3 is 71.4 Å². The third-order valence-corrected chi connectivity index (χ3v) is 20.7. The Bertz CT molecular complexity index is 4420. The number of Topliss-reactive ketones (excluding diaryl/α,β-unsaturated/α-hetero) is 1. The van der Waals surface area contributed by atoms with Crippen molar-refractivity contribution in [3.8, 4) is 11.5 Å². The number of ether oxygens (including phenoxy) is 3. The molecule has 7 heterocycles. The molecule has 27 nitrogen and oxygen atoms in total. The average molecular weight is 1500 g/mol. The molecule has 1 aromatic heterocycles. The zero-order chi connectivity index (χ0) is 78.4. The fourth-order valence-electron chi connectivity index (χ4n) is 14.0. The summed E-state index contributed by atoms with van der Waals surface area (Å²) in [6.07, 6.45) is 1.29. The van der Waals surface area contributed by atoms with Crippen molar-refractivity contribution >= 4 is 80.6 Å². The monoisotopic (exact) mass is 1490 g/mol. The van der Waals surface area contributed by atoms with Crippen LogP contribution in [-0.4, -0.2) is 195 Å². The lowest BCUT2D eigenvalue weighted by Crippen LogP contribution is -2.60. The summed E-state index contributed by atoms with van der Waals surface area (Å²) in [5.41, 5.74) is 1.08. The van der Waals surface area contributed by atoms with Gasteiger partial charge in [-0.2, -0.15) is 0 Å². The van der Waals surface area contributed by atoms with E-state index in [9.17, 15) is 39.0 Å². The van der Waals surface area contributed by atoms with E-state index in [2.05, 4.69) is 47.5 Å². The number of hydrogen-bond acceptors (Lipinski definition) is 17. The summed E-state index contributed by atoms with van der Waals surface area (Å²) in [4.78, 5) is 147. The normalized spacial score (nSPS) is 22.3. The van der Waals surface area contributed by atoms with E-state index in [0.717, 1.165) is 21.5 Å². The molecule has 12 atom stereocenters. The predicted octanol–water partition coefficient (Wildman–Crippen LogP) is 6.21. The molecule has 9 N–H and O–H groups in total. The number of ketones is 1. The van der Waals surface area contributed by atoms with Crippen LogP contribution in [0.2, 0.25) is 0 Å². The van der Waals surface area contributed by atoms with Gasteiger partial charge in [0.1, 0.15) is 60.1 Å². The minimum Gasteiger partial charge on any atom is -0.494 e. The van der Waals surface area contributed by atoms with Crippen molar-refractivity contribution in [3.63, 3.8) is 0 Å². The van der Waals surface area contributed by atoms with Crippen LogP contribution in [0.4, 0.5) is 0 Å². The number of aliphatic carboxylic acids is 2. The molecule has 0 saturated carbocycles. The Kier molecular flexibility index (Phi) is 26.8. The quantitative estimate of drug-likeness (QED) is 0.0584. The van der Waals surface area contributed by atoms with Crippen LogP contribution in [-0.2, 0) is 85.0 Å². The van der Waals surface area contributed by atoms with Gasteiger partial charge in [-0.25, -0.2) is 14.3 Å². The third kappa shape index (κ3) is 21.2. The van der Waals surface area contributed by atoms with E-state index in [1.807, 2.05) is 106 Å². The highest BCUT2D eigenvalue weighted by atomic mass is 16.5. The lowest BCUT2D eigenvalue weighted by molar-refractivity contribution is -0.145. The van der Waals surface area contributed by atoms with Crippen LogP contribution in [0.3, 0.4) is 0 Å². The van der Waals surface area contributed by atoms with Crippen LogP contribution in [0.5, 0.6) is 11.5 Å². The molecule has 7 amide bonds. The molecule has 580 valence electrons. The molecule has 13 rings (SSSR count). The first-order valence-corrected chi connectivity index (χ1v) is 37.3. The summed E-state index contributed by atoms with van der Waals surface area (Å²) in [7, 11) is 3.24. The first-order valence-electron chi connectivity index (χ1n) is 37.3. The van der Waals surface area contributed by atoms with Gasteiger partial charge in [0.05, 0.1) is 43.1 Å². The van der Waals surface area contributed by atoms with E-state index in [1.165, 1.54) is 14.5 Å². The number of nitrogens with one attached hydrogen (secondary N) is 7. The number of nitrogens with zero attached hydrogens (tertiary/aromatic N) is 5. The lowest BCUT2D eigenvalue weighted by Gasteiger charge is -2.36. The van der Waals surface area contributed by atoms with Crippen molar-refractivity contribution < 1.29 is 72.4 Å². The largest absolute Gasteiger partial charge is 0.494 e. The lowest BCUT2D eigenvalue weighted by atomic mass is 9.85. The Labute approximate surface area is 634 Å². The molecule has 6 aromatic carbocycles. The molecule has 7 aromatic rings. The highest BCUT2D eigenvalue weighted by molar-refractivity contribution is 5.98. The molecule has 0 radical (unpaired) electrons. The van der Waals surface area contributed by atoms with Crippen molar-refractivity contribution in [1.29, 1.82) is 0 Å². The average Bonchev–Trinajstić information content (AvgIpc) is 1.68. The van der Waals surface area contributed by atoms with E-state index in [4.69, 9.17) is 14.2 Å².